The molecule has 1 saturated heterocycles. The number of pyridine rings is 1. The Morgan fingerprint density at radius 3 is 2.54 bits per heavy atom. The van der Waals surface area contributed by atoms with Gasteiger partial charge < -0.3 is 9.32 Å². The third-order valence-electron chi connectivity index (χ3n) is 4.45. The minimum absolute atomic E-state index is 0.465. The normalized spacial score (nSPS) is 16.3. The van der Waals surface area contributed by atoms with E-state index in [1.807, 2.05) is 24.3 Å². The molecule has 0 atom stereocenters. The van der Waals surface area contributed by atoms with Gasteiger partial charge in [-0.15, -0.1) is 0 Å². The summed E-state index contributed by atoms with van der Waals surface area (Å²) in [4.78, 5) is 12.1. The minimum atomic E-state index is -4.42. The maximum atomic E-state index is 12.8. The molecule has 1 aliphatic rings. The van der Waals surface area contributed by atoms with Crippen LogP contribution in [0.4, 0.5) is 19.2 Å². The van der Waals surface area contributed by atoms with Crippen molar-refractivity contribution in [1.29, 1.82) is 0 Å². The molecule has 0 N–H and O–H groups in total. The van der Waals surface area contributed by atoms with Crippen LogP contribution in [0.25, 0.3) is 11.1 Å². The number of nitrogens with zero attached hydrogens (tertiary/aromatic N) is 4. The Balaban J connectivity index is 1.39. The third kappa shape index (κ3) is 3.50. The van der Waals surface area contributed by atoms with E-state index in [1.54, 1.807) is 6.07 Å². The zero-order valence-electron chi connectivity index (χ0n) is 13.9. The zero-order valence-corrected chi connectivity index (χ0v) is 13.9. The Bertz CT molecular complexity index is 868. The van der Waals surface area contributed by atoms with Crippen LogP contribution in [0.2, 0.25) is 0 Å². The maximum absolute atomic E-state index is 12.8. The zero-order chi connectivity index (χ0) is 18.1. The number of oxazole rings is 1. The molecule has 5 nitrogen and oxygen atoms in total. The van der Waals surface area contributed by atoms with E-state index in [0.717, 1.165) is 30.3 Å². The van der Waals surface area contributed by atoms with Crippen molar-refractivity contribution in [2.24, 2.45) is 0 Å². The first-order valence-corrected chi connectivity index (χ1v) is 8.34. The van der Waals surface area contributed by atoms with Crippen LogP contribution >= 0.6 is 0 Å². The van der Waals surface area contributed by atoms with Gasteiger partial charge in [0.2, 0.25) is 0 Å². The van der Waals surface area contributed by atoms with Crippen LogP contribution in [0.15, 0.2) is 47.0 Å². The minimum Gasteiger partial charge on any atom is -0.423 e. The van der Waals surface area contributed by atoms with Gasteiger partial charge in [-0.25, -0.2) is 0 Å². The van der Waals surface area contributed by atoms with Gasteiger partial charge in [0.15, 0.2) is 5.58 Å². The van der Waals surface area contributed by atoms with E-state index in [2.05, 4.69) is 19.8 Å². The first-order valence-electron chi connectivity index (χ1n) is 8.34. The smallest absolute Gasteiger partial charge is 0.423 e. The molecular formula is C18H17F3N4O. The third-order valence-corrected chi connectivity index (χ3v) is 4.45. The first-order chi connectivity index (χ1) is 12.5. The fraction of sp³-hybridized carbons (Fsp3) is 0.333. The number of hydrogen-bond donors (Lipinski definition) is 0. The lowest BCUT2D eigenvalue weighted by molar-refractivity contribution is -0.141. The first kappa shape index (κ1) is 16.8. The molecule has 3 heterocycles. The van der Waals surface area contributed by atoms with Crippen LogP contribution in [-0.2, 0) is 12.7 Å². The average molecular weight is 362 g/mol. The summed E-state index contributed by atoms with van der Waals surface area (Å²) in [6.45, 7) is 3.34. The summed E-state index contributed by atoms with van der Waals surface area (Å²) in [6.07, 6.45) is -3.20. The number of piperazine rings is 1. The number of aromatic nitrogens is 2. The van der Waals surface area contributed by atoms with E-state index in [-0.39, 0.29) is 0 Å². The summed E-state index contributed by atoms with van der Waals surface area (Å²) < 4.78 is 44.1. The van der Waals surface area contributed by atoms with Crippen LogP contribution in [-0.4, -0.2) is 41.0 Å². The van der Waals surface area contributed by atoms with Crippen molar-refractivity contribution in [2.75, 3.05) is 31.1 Å². The van der Waals surface area contributed by atoms with Gasteiger partial charge in [0.25, 0.3) is 6.01 Å². The molecule has 0 saturated carbocycles. The molecule has 136 valence electrons. The summed E-state index contributed by atoms with van der Waals surface area (Å²) in [7, 11) is 0. The number of fused-ring (bicyclic) bond motifs is 1. The van der Waals surface area contributed by atoms with Crippen LogP contribution in [0.5, 0.6) is 0 Å². The SMILES string of the molecule is FC(F)(F)c1cc(CN2CCN(c3nc4ccccc4o3)CC2)ccn1. The summed E-state index contributed by atoms with van der Waals surface area (Å²) in [5.41, 5.74) is 1.34. The standard InChI is InChI=1S/C18H17F3N4O/c19-18(20,21)16-11-13(5-6-22-16)12-24-7-9-25(10-8-24)17-23-14-3-1-2-4-15(14)26-17/h1-6,11H,7-10,12H2. The highest BCUT2D eigenvalue weighted by Crippen LogP contribution is 2.28. The van der Waals surface area contributed by atoms with Crippen molar-refractivity contribution in [3.63, 3.8) is 0 Å². The molecule has 1 aliphatic heterocycles. The lowest BCUT2D eigenvalue weighted by Crippen LogP contribution is -2.46. The quantitative estimate of drug-likeness (QED) is 0.713. The van der Waals surface area contributed by atoms with Crippen LogP contribution < -0.4 is 4.90 Å². The number of alkyl halides is 3. The van der Waals surface area contributed by atoms with Gasteiger partial charge >= 0.3 is 6.18 Å². The van der Waals surface area contributed by atoms with Gasteiger partial charge in [0.1, 0.15) is 11.2 Å². The number of anilines is 1. The fourth-order valence-corrected chi connectivity index (χ4v) is 3.08. The Morgan fingerprint density at radius 2 is 1.81 bits per heavy atom. The molecule has 4 rings (SSSR count). The molecule has 0 spiro atoms. The highest BCUT2D eigenvalue weighted by atomic mass is 19.4. The Morgan fingerprint density at radius 1 is 1.04 bits per heavy atom. The summed E-state index contributed by atoms with van der Waals surface area (Å²) >= 11 is 0. The van der Waals surface area contributed by atoms with Gasteiger partial charge in [-0.2, -0.15) is 18.2 Å². The molecule has 1 fully saturated rings. The van der Waals surface area contributed by atoms with Crippen LogP contribution in [0.3, 0.4) is 0 Å². The van der Waals surface area contributed by atoms with Crippen molar-refractivity contribution < 1.29 is 17.6 Å². The Kier molecular flexibility index (Phi) is 4.28. The number of hydrogen-bond acceptors (Lipinski definition) is 5. The number of benzene rings is 1. The molecule has 0 bridgehead atoms. The second kappa shape index (κ2) is 6.60. The van der Waals surface area contributed by atoms with Gasteiger partial charge in [-0.1, -0.05) is 12.1 Å². The second-order valence-electron chi connectivity index (χ2n) is 6.27. The van der Waals surface area contributed by atoms with Gasteiger partial charge in [0, 0.05) is 38.9 Å². The van der Waals surface area contributed by atoms with E-state index in [0.29, 0.717) is 31.2 Å². The average Bonchev–Trinajstić information content (AvgIpc) is 3.06. The fourth-order valence-electron chi connectivity index (χ4n) is 3.08. The number of para-hydroxylation sites is 2. The number of rotatable bonds is 3. The van der Waals surface area contributed by atoms with Crippen LogP contribution in [0.1, 0.15) is 11.3 Å². The van der Waals surface area contributed by atoms with E-state index in [1.165, 1.54) is 6.20 Å². The molecule has 0 radical (unpaired) electrons. The molecule has 2 aromatic heterocycles. The Hall–Kier alpha value is -2.61. The van der Waals surface area contributed by atoms with Crippen molar-refractivity contribution in [3.05, 3.63) is 53.9 Å². The predicted molar refractivity (Wildman–Crippen MR) is 90.7 cm³/mol. The molecule has 0 aliphatic carbocycles. The highest BCUT2D eigenvalue weighted by molar-refractivity contribution is 5.74. The summed E-state index contributed by atoms with van der Waals surface area (Å²) in [5, 5.41) is 0. The second-order valence-corrected chi connectivity index (χ2v) is 6.27. The lowest BCUT2D eigenvalue weighted by Gasteiger charge is -2.33. The van der Waals surface area contributed by atoms with E-state index < -0.39 is 11.9 Å². The van der Waals surface area contributed by atoms with Crippen molar-refractivity contribution in [2.45, 2.75) is 12.7 Å². The van der Waals surface area contributed by atoms with Gasteiger partial charge in [0.05, 0.1) is 0 Å². The monoisotopic (exact) mass is 362 g/mol. The lowest BCUT2D eigenvalue weighted by atomic mass is 10.2. The highest BCUT2D eigenvalue weighted by Gasteiger charge is 2.32. The largest absolute Gasteiger partial charge is 0.433 e. The predicted octanol–water partition coefficient (Wildman–Crippen LogP) is 3.56. The van der Waals surface area contributed by atoms with E-state index in [9.17, 15) is 13.2 Å². The molecule has 1 aromatic carbocycles. The number of halogens is 3. The van der Waals surface area contributed by atoms with Crippen molar-refractivity contribution >= 4 is 17.1 Å². The van der Waals surface area contributed by atoms with E-state index in [4.69, 9.17) is 4.42 Å². The van der Waals surface area contributed by atoms with Gasteiger partial charge in [-0.05, 0) is 29.8 Å². The molecule has 26 heavy (non-hydrogen) atoms. The topological polar surface area (TPSA) is 45.4 Å². The molecule has 3 aromatic rings. The van der Waals surface area contributed by atoms with E-state index >= 15 is 0 Å². The van der Waals surface area contributed by atoms with Crippen molar-refractivity contribution in [1.82, 2.24) is 14.9 Å². The maximum Gasteiger partial charge on any atom is 0.433 e. The Labute approximate surface area is 148 Å². The summed E-state index contributed by atoms with van der Waals surface area (Å²) in [5.74, 6) is 0. The molecule has 8 heteroatoms. The van der Waals surface area contributed by atoms with Gasteiger partial charge in [-0.3, -0.25) is 9.88 Å². The molecule has 0 unspecified atom stereocenters. The van der Waals surface area contributed by atoms with Crippen molar-refractivity contribution in [3.8, 4) is 0 Å². The van der Waals surface area contributed by atoms with Crippen LogP contribution in [0, 0.1) is 0 Å². The molecule has 0 amide bonds. The molecular weight excluding hydrogens is 345 g/mol. The summed E-state index contributed by atoms with van der Waals surface area (Å²) in [6, 6.07) is 10.9.